The Morgan fingerprint density at radius 1 is 1.50 bits per heavy atom. The van der Waals surface area contributed by atoms with E-state index >= 15 is 0 Å². The molecule has 0 spiro atoms. The van der Waals surface area contributed by atoms with Gasteiger partial charge in [-0.1, -0.05) is 12.1 Å². The van der Waals surface area contributed by atoms with Gasteiger partial charge in [-0.2, -0.15) is 5.06 Å². The van der Waals surface area contributed by atoms with E-state index in [1.807, 2.05) is 19.1 Å². The van der Waals surface area contributed by atoms with Crippen LogP contribution in [0.2, 0.25) is 0 Å². The smallest absolute Gasteiger partial charge is 0.241 e. The molecule has 5 heteroatoms. The maximum atomic E-state index is 11.9. The fourth-order valence-corrected chi connectivity index (χ4v) is 1.97. The third kappa shape index (κ3) is 3.21. The molecule has 0 saturated carbocycles. The van der Waals surface area contributed by atoms with Gasteiger partial charge in [-0.05, 0) is 31.4 Å². The molecule has 1 aliphatic heterocycles. The number of amides is 1. The number of hydrogen-bond acceptors (Lipinski definition) is 4. The molecule has 18 heavy (non-hydrogen) atoms. The predicted octanol–water partition coefficient (Wildman–Crippen LogP) is 1.54. The molecule has 5 nitrogen and oxygen atoms in total. The molecule has 1 aliphatic rings. The van der Waals surface area contributed by atoms with E-state index in [-0.39, 0.29) is 12.5 Å². The fraction of sp³-hybridized carbons (Fsp3) is 0.462. The molecule has 3 N–H and O–H groups in total. The van der Waals surface area contributed by atoms with Gasteiger partial charge in [-0.15, -0.1) is 0 Å². The molecule has 0 radical (unpaired) electrons. The number of hydroxylamine groups is 2. The summed E-state index contributed by atoms with van der Waals surface area (Å²) in [4.78, 5) is 17.3. The number of para-hydroxylation sites is 1. The molecule has 0 atom stereocenters. The average molecular weight is 249 g/mol. The summed E-state index contributed by atoms with van der Waals surface area (Å²) in [5, 5.41) is 4.54. The van der Waals surface area contributed by atoms with Gasteiger partial charge in [0.25, 0.3) is 0 Å². The molecular formula is C13H19N3O2. The maximum Gasteiger partial charge on any atom is 0.241 e. The van der Waals surface area contributed by atoms with Crippen molar-refractivity contribution < 1.29 is 9.63 Å². The van der Waals surface area contributed by atoms with Crippen LogP contribution in [0.25, 0.3) is 0 Å². The highest BCUT2D eigenvalue weighted by Gasteiger charge is 2.15. The molecule has 0 unspecified atom stereocenters. The van der Waals surface area contributed by atoms with Crippen LogP contribution in [0.15, 0.2) is 18.2 Å². The Kier molecular flexibility index (Phi) is 4.17. The lowest BCUT2D eigenvalue weighted by Gasteiger charge is -2.25. The summed E-state index contributed by atoms with van der Waals surface area (Å²) >= 11 is 0. The summed E-state index contributed by atoms with van der Waals surface area (Å²) in [6.45, 7) is 3.66. The number of nitrogen functional groups attached to an aromatic ring is 1. The normalized spacial score (nSPS) is 16.5. The largest absolute Gasteiger partial charge is 0.397 e. The van der Waals surface area contributed by atoms with Gasteiger partial charge in [0.2, 0.25) is 5.91 Å². The van der Waals surface area contributed by atoms with Gasteiger partial charge in [-0.25, -0.2) is 0 Å². The lowest BCUT2D eigenvalue weighted by molar-refractivity contribution is -0.182. The average Bonchev–Trinajstić information content (AvgIpc) is 2.35. The van der Waals surface area contributed by atoms with E-state index in [2.05, 4.69) is 5.32 Å². The van der Waals surface area contributed by atoms with E-state index < -0.39 is 0 Å². The van der Waals surface area contributed by atoms with Crippen molar-refractivity contribution in [3.63, 3.8) is 0 Å². The Bertz CT molecular complexity index is 408. The number of rotatable bonds is 3. The van der Waals surface area contributed by atoms with Crippen molar-refractivity contribution >= 4 is 17.3 Å². The Morgan fingerprint density at radius 3 is 3.00 bits per heavy atom. The number of hydrogen-bond donors (Lipinski definition) is 2. The monoisotopic (exact) mass is 249 g/mol. The van der Waals surface area contributed by atoms with Gasteiger partial charge in [0, 0.05) is 6.54 Å². The van der Waals surface area contributed by atoms with E-state index in [1.165, 1.54) is 0 Å². The van der Waals surface area contributed by atoms with E-state index in [1.54, 1.807) is 11.1 Å². The number of aryl methyl sites for hydroxylation is 1. The van der Waals surface area contributed by atoms with Crippen LogP contribution in [0.1, 0.15) is 18.4 Å². The van der Waals surface area contributed by atoms with Gasteiger partial charge in [-0.3, -0.25) is 9.63 Å². The lowest BCUT2D eigenvalue weighted by atomic mass is 10.1. The van der Waals surface area contributed by atoms with Crippen molar-refractivity contribution in [2.75, 3.05) is 30.7 Å². The molecule has 1 aromatic rings. The first-order chi connectivity index (χ1) is 8.66. The van der Waals surface area contributed by atoms with Crippen molar-refractivity contribution in [1.82, 2.24) is 5.06 Å². The van der Waals surface area contributed by atoms with Crippen molar-refractivity contribution in [3.8, 4) is 0 Å². The van der Waals surface area contributed by atoms with Crippen LogP contribution in [0.4, 0.5) is 11.4 Å². The Balaban J connectivity index is 1.94. The van der Waals surface area contributed by atoms with E-state index in [0.717, 1.165) is 24.9 Å². The molecule has 2 rings (SSSR count). The first-order valence-electron chi connectivity index (χ1n) is 6.19. The zero-order valence-corrected chi connectivity index (χ0v) is 10.6. The summed E-state index contributed by atoms with van der Waals surface area (Å²) in [6, 6.07) is 5.57. The second-order valence-electron chi connectivity index (χ2n) is 4.49. The number of benzene rings is 1. The Hall–Kier alpha value is -1.59. The summed E-state index contributed by atoms with van der Waals surface area (Å²) in [6.07, 6.45) is 2.13. The minimum absolute atomic E-state index is 0.0992. The van der Waals surface area contributed by atoms with Crippen LogP contribution in [0, 0.1) is 6.92 Å². The van der Waals surface area contributed by atoms with Crippen LogP contribution in [0.3, 0.4) is 0 Å². The van der Waals surface area contributed by atoms with Crippen LogP contribution < -0.4 is 11.1 Å². The number of anilines is 2. The topological polar surface area (TPSA) is 67.6 Å². The first kappa shape index (κ1) is 12.9. The number of nitrogens with zero attached hydrogens (tertiary/aromatic N) is 1. The Morgan fingerprint density at radius 2 is 2.33 bits per heavy atom. The molecule has 1 aromatic carbocycles. The number of carbonyl (C=O) groups is 1. The molecule has 1 fully saturated rings. The standard InChI is InChI=1S/C13H19N3O2/c1-10-5-4-6-11(14)13(10)15-12(17)9-16-7-2-3-8-18-16/h4-6H,2-3,7-9,14H2,1H3,(H,15,17). The quantitative estimate of drug-likeness (QED) is 0.797. The van der Waals surface area contributed by atoms with Gasteiger partial charge >= 0.3 is 0 Å². The summed E-state index contributed by atoms with van der Waals surface area (Å²) < 4.78 is 0. The molecule has 1 amide bonds. The Labute approximate surface area is 107 Å². The fourth-order valence-electron chi connectivity index (χ4n) is 1.97. The van der Waals surface area contributed by atoms with E-state index in [4.69, 9.17) is 10.6 Å². The zero-order valence-electron chi connectivity index (χ0n) is 10.6. The highest BCUT2D eigenvalue weighted by atomic mass is 16.7. The summed E-state index contributed by atoms with van der Waals surface area (Å²) in [5.41, 5.74) is 8.08. The third-order valence-electron chi connectivity index (χ3n) is 2.97. The van der Waals surface area contributed by atoms with Gasteiger partial charge in [0.05, 0.1) is 18.0 Å². The molecule has 0 aromatic heterocycles. The molecule has 1 heterocycles. The minimum atomic E-state index is -0.0992. The SMILES string of the molecule is Cc1cccc(N)c1NC(=O)CN1CCCCO1. The van der Waals surface area contributed by atoms with Crippen LogP contribution in [-0.4, -0.2) is 30.7 Å². The van der Waals surface area contributed by atoms with Gasteiger partial charge in [0.15, 0.2) is 0 Å². The highest BCUT2D eigenvalue weighted by molar-refractivity contribution is 5.96. The number of nitrogens with two attached hydrogens (primary N) is 1. The summed E-state index contributed by atoms with van der Waals surface area (Å²) in [5.74, 6) is -0.0992. The predicted molar refractivity (Wildman–Crippen MR) is 71.0 cm³/mol. The lowest BCUT2D eigenvalue weighted by Crippen LogP contribution is -2.37. The third-order valence-corrected chi connectivity index (χ3v) is 2.97. The highest BCUT2D eigenvalue weighted by Crippen LogP contribution is 2.22. The molecule has 0 bridgehead atoms. The zero-order chi connectivity index (χ0) is 13.0. The molecular weight excluding hydrogens is 230 g/mol. The van der Waals surface area contributed by atoms with Gasteiger partial charge < -0.3 is 11.1 Å². The molecule has 98 valence electrons. The van der Waals surface area contributed by atoms with E-state index in [0.29, 0.717) is 18.0 Å². The van der Waals surface area contributed by atoms with Crippen molar-refractivity contribution in [3.05, 3.63) is 23.8 Å². The van der Waals surface area contributed by atoms with Crippen molar-refractivity contribution in [2.24, 2.45) is 0 Å². The minimum Gasteiger partial charge on any atom is -0.397 e. The number of carbonyl (C=O) groups excluding carboxylic acids is 1. The van der Waals surface area contributed by atoms with Crippen LogP contribution in [-0.2, 0) is 9.63 Å². The van der Waals surface area contributed by atoms with Crippen LogP contribution in [0.5, 0.6) is 0 Å². The first-order valence-corrected chi connectivity index (χ1v) is 6.19. The van der Waals surface area contributed by atoms with Crippen LogP contribution >= 0.6 is 0 Å². The van der Waals surface area contributed by atoms with E-state index in [9.17, 15) is 4.79 Å². The van der Waals surface area contributed by atoms with Crippen molar-refractivity contribution in [1.29, 1.82) is 0 Å². The van der Waals surface area contributed by atoms with Gasteiger partial charge in [0.1, 0.15) is 6.54 Å². The second kappa shape index (κ2) is 5.84. The summed E-state index contributed by atoms with van der Waals surface area (Å²) in [7, 11) is 0. The van der Waals surface area contributed by atoms with Crippen molar-refractivity contribution in [2.45, 2.75) is 19.8 Å². The molecule has 1 saturated heterocycles. The maximum absolute atomic E-state index is 11.9. The second-order valence-corrected chi connectivity index (χ2v) is 4.49. The number of nitrogens with one attached hydrogen (secondary N) is 1. The molecule has 0 aliphatic carbocycles.